The van der Waals surface area contributed by atoms with Crippen LogP contribution in [0.4, 0.5) is 0 Å². The lowest BCUT2D eigenvalue weighted by Crippen LogP contribution is -2.29. The van der Waals surface area contributed by atoms with Gasteiger partial charge in [-0.1, -0.05) is 20.8 Å². The fraction of sp³-hybridized carbons (Fsp3) is 0.909. The van der Waals surface area contributed by atoms with Gasteiger partial charge in [0.05, 0.1) is 0 Å². The average Bonchev–Trinajstić information content (AvgIpc) is 2.55. The van der Waals surface area contributed by atoms with E-state index < -0.39 is 0 Å². The summed E-state index contributed by atoms with van der Waals surface area (Å²) in [5.41, 5.74) is 0. The van der Waals surface area contributed by atoms with Crippen LogP contribution < -0.4 is 0 Å². The molecule has 0 aromatic heterocycles. The van der Waals surface area contributed by atoms with Crippen molar-refractivity contribution >= 4 is 5.91 Å². The van der Waals surface area contributed by atoms with Crippen molar-refractivity contribution in [2.45, 2.75) is 40.0 Å². The van der Waals surface area contributed by atoms with Crippen LogP contribution >= 0.6 is 0 Å². The first-order chi connectivity index (χ1) is 6.11. The zero-order chi connectivity index (χ0) is 9.84. The summed E-state index contributed by atoms with van der Waals surface area (Å²) in [6.45, 7) is 8.51. The van der Waals surface area contributed by atoms with Crippen LogP contribution in [0.1, 0.15) is 40.0 Å². The number of carbonyl (C=O) groups excluding carboxylic acids is 1. The van der Waals surface area contributed by atoms with Crippen molar-refractivity contribution in [3.8, 4) is 0 Å². The molecule has 1 saturated heterocycles. The lowest BCUT2D eigenvalue weighted by atomic mass is 9.94. The number of hydrogen-bond acceptors (Lipinski definition) is 1. The quantitative estimate of drug-likeness (QED) is 0.657. The Morgan fingerprint density at radius 3 is 2.23 bits per heavy atom. The highest BCUT2D eigenvalue weighted by atomic mass is 16.2. The van der Waals surface area contributed by atoms with Gasteiger partial charge in [0.1, 0.15) is 0 Å². The smallest absolute Gasteiger partial charge is 0.222 e. The van der Waals surface area contributed by atoms with Gasteiger partial charge in [0.2, 0.25) is 5.91 Å². The second-order valence-corrected chi connectivity index (χ2v) is 4.51. The molecule has 1 aliphatic heterocycles. The standard InChI is InChI=1S/C11H21NO/c1-9(2)10(3)8-11(13)12-6-4-5-7-12/h9-10H,4-8H2,1-3H3. The highest BCUT2D eigenvalue weighted by Crippen LogP contribution is 2.17. The van der Waals surface area contributed by atoms with Crippen molar-refractivity contribution in [3.63, 3.8) is 0 Å². The molecule has 0 saturated carbocycles. The summed E-state index contributed by atoms with van der Waals surface area (Å²) in [5.74, 6) is 1.50. The third-order valence-electron chi connectivity index (χ3n) is 3.09. The predicted octanol–water partition coefficient (Wildman–Crippen LogP) is 2.29. The van der Waals surface area contributed by atoms with Gasteiger partial charge in [-0.15, -0.1) is 0 Å². The summed E-state index contributed by atoms with van der Waals surface area (Å²) >= 11 is 0. The van der Waals surface area contributed by atoms with Crippen LogP contribution in [0.15, 0.2) is 0 Å². The van der Waals surface area contributed by atoms with Gasteiger partial charge in [0, 0.05) is 19.5 Å². The summed E-state index contributed by atoms with van der Waals surface area (Å²) in [6, 6.07) is 0. The molecule has 0 bridgehead atoms. The highest BCUT2D eigenvalue weighted by Gasteiger charge is 2.20. The number of rotatable bonds is 3. The van der Waals surface area contributed by atoms with E-state index in [0.29, 0.717) is 17.7 Å². The van der Waals surface area contributed by atoms with Crippen molar-refractivity contribution < 1.29 is 4.79 Å². The van der Waals surface area contributed by atoms with E-state index in [0.717, 1.165) is 19.5 Å². The van der Waals surface area contributed by atoms with Crippen LogP contribution in [0.3, 0.4) is 0 Å². The summed E-state index contributed by atoms with van der Waals surface area (Å²) in [6.07, 6.45) is 3.13. The summed E-state index contributed by atoms with van der Waals surface area (Å²) < 4.78 is 0. The Kier molecular flexibility index (Phi) is 3.76. The fourth-order valence-corrected chi connectivity index (χ4v) is 1.61. The lowest BCUT2D eigenvalue weighted by Gasteiger charge is -2.20. The summed E-state index contributed by atoms with van der Waals surface area (Å²) in [5, 5.41) is 0. The molecule has 2 nitrogen and oxygen atoms in total. The Balaban J connectivity index is 2.31. The van der Waals surface area contributed by atoms with Gasteiger partial charge in [-0.3, -0.25) is 4.79 Å². The van der Waals surface area contributed by atoms with Crippen LogP contribution in [-0.4, -0.2) is 23.9 Å². The molecule has 0 N–H and O–H groups in total. The maximum absolute atomic E-state index is 11.7. The van der Waals surface area contributed by atoms with Gasteiger partial charge in [-0.2, -0.15) is 0 Å². The molecule has 0 aromatic rings. The van der Waals surface area contributed by atoms with E-state index >= 15 is 0 Å². The lowest BCUT2D eigenvalue weighted by molar-refractivity contribution is -0.131. The number of hydrogen-bond donors (Lipinski definition) is 0. The second-order valence-electron chi connectivity index (χ2n) is 4.51. The van der Waals surface area contributed by atoms with Gasteiger partial charge in [0.15, 0.2) is 0 Å². The Bertz CT molecular complexity index is 171. The minimum absolute atomic E-state index is 0.360. The third kappa shape index (κ3) is 3.02. The first-order valence-electron chi connectivity index (χ1n) is 5.39. The first-order valence-corrected chi connectivity index (χ1v) is 5.39. The van der Waals surface area contributed by atoms with Gasteiger partial charge >= 0.3 is 0 Å². The van der Waals surface area contributed by atoms with Crippen molar-refractivity contribution in [2.75, 3.05) is 13.1 Å². The van der Waals surface area contributed by atoms with Gasteiger partial charge in [0.25, 0.3) is 0 Å². The fourth-order valence-electron chi connectivity index (χ4n) is 1.61. The number of amides is 1. The van der Waals surface area contributed by atoms with Gasteiger partial charge in [-0.25, -0.2) is 0 Å². The van der Waals surface area contributed by atoms with E-state index in [2.05, 4.69) is 20.8 Å². The largest absolute Gasteiger partial charge is 0.343 e. The van der Waals surface area contributed by atoms with E-state index in [1.54, 1.807) is 0 Å². The molecule has 0 radical (unpaired) electrons. The summed E-state index contributed by atoms with van der Waals surface area (Å²) in [7, 11) is 0. The SMILES string of the molecule is CC(C)C(C)CC(=O)N1CCCC1. The summed E-state index contributed by atoms with van der Waals surface area (Å²) in [4.78, 5) is 13.7. The Morgan fingerprint density at radius 1 is 1.23 bits per heavy atom. The van der Waals surface area contributed by atoms with Gasteiger partial charge in [-0.05, 0) is 24.7 Å². The van der Waals surface area contributed by atoms with E-state index in [1.165, 1.54) is 12.8 Å². The molecule has 13 heavy (non-hydrogen) atoms. The minimum atomic E-state index is 0.360. The molecule has 76 valence electrons. The topological polar surface area (TPSA) is 20.3 Å². The molecule has 0 spiro atoms. The van der Waals surface area contributed by atoms with E-state index in [-0.39, 0.29) is 0 Å². The molecule has 1 fully saturated rings. The van der Waals surface area contributed by atoms with Crippen LogP contribution in [0.25, 0.3) is 0 Å². The van der Waals surface area contributed by atoms with Crippen molar-refractivity contribution in [3.05, 3.63) is 0 Å². The molecule has 1 rings (SSSR count). The van der Waals surface area contributed by atoms with E-state index in [9.17, 15) is 4.79 Å². The molecule has 1 aliphatic rings. The molecule has 1 amide bonds. The number of likely N-dealkylation sites (tertiary alicyclic amines) is 1. The molecule has 1 unspecified atom stereocenters. The maximum Gasteiger partial charge on any atom is 0.222 e. The van der Waals surface area contributed by atoms with E-state index in [1.807, 2.05) is 4.90 Å². The molecular formula is C11H21NO. The zero-order valence-electron chi connectivity index (χ0n) is 9.05. The predicted molar refractivity (Wildman–Crippen MR) is 54.4 cm³/mol. The van der Waals surface area contributed by atoms with Crippen LogP contribution in [0, 0.1) is 11.8 Å². The molecule has 1 atom stereocenters. The van der Waals surface area contributed by atoms with Crippen molar-refractivity contribution in [1.29, 1.82) is 0 Å². The number of nitrogens with zero attached hydrogens (tertiary/aromatic N) is 1. The first kappa shape index (κ1) is 10.6. The van der Waals surface area contributed by atoms with Crippen LogP contribution in [0.2, 0.25) is 0 Å². The van der Waals surface area contributed by atoms with Gasteiger partial charge < -0.3 is 4.90 Å². The van der Waals surface area contributed by atoms with Crippen LogP contribution in [-0.2, 0) is 4.79 Å². The average molecular weight is 183 g/mol. The molecule has 1 heterocycles. The molecule has 0 aliphatic carbocycles. The normalized spacial score (nSPS) is 19.5. The third-order valence-corrected chi connectivity index (χ3v) is 3.09. The van der Waals surface area contributed by atoms with Crippen molar-refractivity contribution in [2.24, 2.45) is 11.8 Å². The van der Waals surface area contributed by atoms with Crippen LogP contribution in [0.5, 0.6) is 0 Å². The molecule has 2 heteroatoms. The second kappa shape index (κ2) is 4.64. The Labute approximate surface area is 81.3 Å². The van der Waals surface area contributed by atoms with Crippen molar-refractivity contribution in [1.82, 2.24) is 4.90 Å². The number of carbonyl (C=O) groups is 1. The minimum Gasteiger partial charge on any atom is -0.343 e. The highest BCUT2D eigenvalue weighted by molar-refractivity contribution is 5.76. The molecular weight excluding hydrogens is 162 g/mol. The maximum atomic E-state index is 11.7. The molecule has 0 aromatic carbocycles. The van der Waals surface area contributed by atoms with E-state index in [4.69, 9.17) is 0 Å². The Morgan fingerprint density at radius 2 is 1.77 bits per heavy atom. The monoisotopic (exact) mass is 183 g/mol. The zero-order valence-corrected chi connectivity index (χ0v) is 9.05. The Hall–Kier alpha value is -0.530.